The topological polar surface area (TPSA) is 43.6 Å². The second-order valence-electron chi connectivity index (χ2n) is 8.44. The van der Waals surface area contributed by atoms with Crippen LogP contribution in [0.1, 0.15) is 34.7 Å². The molecule has 4 aromatic rings. The van der Waals surface area contributed by atoms with Crippen LogP contribution in [-0.2, 0) is 6.42 Å². The van der Waals surface area contributed by atoms with Gasteiger partial charge in [-0.15, -0.1) is 0 Å². The van der Waals surface area contributed by atoms with E-state index in [4.69, 9.17) is 9.73 Å². The summed E-state index contributed by atoms with van der Waals surface area (Å²) in [6, 6.07) is 24.6. The minimum absolute atomic E-state index is 0.00790. The summed E-state index contributed by atoms with van der Waals surface area (Å²) in [7, 11) is 1.67. The highest BCUT2D eigenvalue weighted by atomic mass is 127. The average Bonchev–Trinajstić information content (AvgIpc) is 3.18. The maximum absolute atomic E-state index is 13.7. The molecule has 6 heteroatoms. The fourth-order valence-electron chi connectivity index (χ4n) is 4.82. The summed E-state index contributed by atoms with van der Waals surface area (Å²) in [6.45, 7) is 0. The molecule has 0 radical (unpaired) electrons. The number of nitrogens with zero attached hydrogens (tertiary/aromatic N) is 2. The van der Waals surface area contributed by atoms with Crippen LogP contribution in [0.4, 0.5) is 0 Å². The smallest absolute Gasteiger partial charge is 0.271 e. The Hall–Kier alpha value is -2.97. The number of aryl methyl sites for hydroxylation is 1. The lowest BCUT2D eigenvalue weighted by molar-refractivity contribution is 0.414. The molecule has 2 aliphatic rings. The first kappa shape index (κ1) is 21.6. The van der Waals surface area contributed by atoms with Crippen molar-refractivity contribution in [3.8, 4) is 5.75 Å². The molecule has 0 bridgehead atoms. The molecule has 1 aromatic heterocycles. The Morgan fingerprint density at radius 3 is 2.56 bits per heavy atom. The van der Waals surface area contributed by atoms with Crippen molar-refractivity contribution >= 4 is 45.7 Å². The van der Waals surface area contributed by atoms with E-state index >= 15 is 0 Å². The van der Waals surface area contributed by atoms with Gasteiger partial charge < -0.3 is 4.74 Å². The van der Waals surface area contributed by atoms with Crippen LogP contribution in [0.2, 0.25) is 0 Å². The molecule has 4 nitrogen and oxygen atoms in total. The van der Waals surface area contributed by atoms with Crippen LogP contribution in [-0.4, -0.2) is 11.7 Å². The van der Waals surface area contributed by atoms with Gasteiger partial charge in [-0.3, -0.25) is 9.36 Å². The number of aromatic nitrogens is 1. The van der Waals surface area contributed by atoms with E-state index in [1.54, 1.807) is 7.11 Å². The van der Waals surface area contributed by atoms with Crippen LogP contribution < -0.4 is 19.6 Å². The van der Waals surface area contributed by atoms with E-state index in [1.165, 1.54) is 31.6 Å². The molecule has 0 N–H and O–H groups in total. The molecule has 0 spiro atoms. The van der Waals surface area contributed by atoms with Crippen LogP contribution >= 0.6 is 33.9 Å². The van der Waals surface area contributed by atoms with Crippen LogP contribution in [0.25, 0.3) is 11.8 Å². The molecule has 3 aromatic carbocycles. The van der Waals surface area contributed by atoms with E-state index in [1.807, 2.05) is 34.9 Å². The summed E-state index contributed by atoms with van der Waals surface area (Å²) in [5, 5.41) is 0. The Balaban J connectivity index is 1.60. The van der Waals surface area contributed by atoms with Gasteiger partial charge in [0.2, 0.25) is 0 Å². The van der Waals surface area contributed by atoms with E-state index < -0.39 is 0 Å². The fourth-order valence-corrected chi connectivity index (χ4v) is 6.18. The van der Waals surface area contributed by atoms with Crippen LogP contribution in [0.15, 0.2) is 88.2 Å². The van der Waals surface area contributed by atoms with Crippen molar-refractivity contribution in [2.45, 2.75) is 18.9 Å². The third kappa shape index (κ3) is 3.65. The first-order valence-corrected chi connectivity index (χ1v) is 13.0. The second-order valence-corrected chi connectivity index (χ2v) is 10.7. The SMILES string of the molecule is COc1ccc(C2C3=C(N=c4sc(=Cc5ccc(I)cc5)c(=O)n42)c2ccccc2CC3)cc1. The molecule has 168 valence electrons. The summed E-state index contributed by atoms with van der Waals surface area (Å²) < 4.78 is 9.13. The largest absolute Gasteiger partial charge is 0.497 e. The van der Waals surface area contributed by atoms with Gasteiger partial charge in [0, 0.05) is 9.13 Å². The zero-order valence-corrected chi connectivity index (χ0v) is 21.5. The number of allylic oxidation sites excluding steroid dienone is 1. The third-order valence-corrected chi connectivity index (χ3v) is 8.17. The standard InChI is InChI=1S/C28H21IN2O2S/c1-33-21-13-8-19(9-14-21)26-23-15-10-18-4-2-3-5-22(18)25(23)30-28-31(26)27(32)24(34-28)16-17-6-11-20(29)12-7-17/h2-9,11-14,16,26H,10,15H2,1H3. The van der Waals surface area contributed by atoms with Crippen molar-refractivity contribution in [3.05, 3.63) is 124 Å². The van der Waals surface area contributed by atoms with Crippen molar-refractivity contribution in [2.75, 3.05) is 7.11 Å². The Kier molecular flexibility index (Phi) is 5.50. The Morgan fingerprint density at radius 1 is 1.03 bits per heavy atom. The monoisotopic (exact) mass is 576 g/mol. The van der Waals surface area contributed by atoms with Gasteiger partial charge in [-0.1, -0.05) is 59.9 Å². The van der Waals surface area contributed by atoms with Gasteiger partial charge in [0.05, 0.1) is 23.4 Å². The van der Waals surface area contributed by atoms with Crippen molar-refractivity contribution < 1.29 is 4.74 Å². The molecule has 0 saturated heterocycles. The molecule has 6 rings (SSSR count). The number of ether oxygens (including phenoxy) is 1. The van der Waals surface area contributed by atoms with Crippen LogP contribution in [0.5, 0.6) is 5.75 Å². The van der Waals surface area contributed by atoms with Gasteiger partial charge in [0.25, 0.3) is 5.56 Å². The van der Waals surface area contributed by atoms with E-state index in [9.17, 15) is 4.79 Å². The maximum atomic E-state index is 13.7. The summed E-state index contributed by atoms with van der Waals surface area (Å²) in [5.74, 6) is 0.804. The minimum atomic E-state index is -0.176. The van der Waals surface area contributed by atoms with Crippen molar-refractivity contribution in [1.82, 2.24) is 4.57 Å². The number of halogens is 1. The predicted octanol–water partition coefficient (Wildman–Crippen LogP) is 4.93. The molecule has 0 fully saturated rings. The van der Waals surface area contributed by atoms with Gasteiger partial charge in [-0.25, -0.2) is 4.99 Å². The molecular weight excluding hydrogens is 555 g/mol. The molecule has 34 heavy (non-hydrogen) atoms. The van der Waals surface area contributed by atoms with E-state index in [0.717, 1.165) is 40.2 Å². The lowest BCUT2D eigenvalue weighted by Gasteiger charge is -2.30. The number of thiazole rings is 1. The van der Waals surface area contributed by atoms with Crippen LogP contribution in [0, 0.1) is 3.57 Å². The maximum Gasteiger partial charge on any atom is 0.271 e. The molecule has 1 atom stereocenters. The summed E-state index contributed by atoms with van der Waals surface area (Å²) in [5.41, 5.74) is 6.81. The Bertz CT molecular complexity index is 1610. The molecule has 0 amide bonds. The molecule has 2 heterocycles. The lowest BCUT2D eigenvalue weighted by atomic mass is 9.83. The molecular formula is C28H21IN2O2S. The highest BCUT2D eigenvalue weighted by Crippen LogP contribution is 2.41. The normalized spacial score (nSPS) is 17.0. The minimum Gasteiger partial charge on any atom is -0.497 e. The molecule has 1 aliphatic heterocycles. The van der Waals surface area contributed by atoms with Gasteiger partial charge in [-0.05, 0) is 88.0 Å². The summed E-state index contributed by atoms with van der Waals surface area (Å²) in [4.78, 5) is 19.6. The zero-order chi connectivity index (χ0) is 23.2. The van der Waals surface area contributed by atoms with E-state index in [2.05, 4.69) is 71.1 Å². The highest BCUT2D eigenvalue weighted by Gasteiger charge is 2.32. The van der Waals surface area contributed by atoms with E-state index in [0.29, 0.717) is 4.53 Å². The number of fused-ring (bicyclic) bond motifs is 3. The Labute approximate surface area is 214 Å². The number of hydrogen-bond acceptors (Lipinski definition) is 4. The summed E-state index contributed by atoms with van der Waals surface area (Å²) >= 11 is 3.76. The molecule has 0 saturated carbocycles. The van der Waals surface area contributed by atoms with Gasteiger partial charge >= 0.3 is 0 Å². The predicted molar refractivity (Wildman–Crippen MR) is 145 cm³/mol. The molecule has 1 unspecified atom stereocenters. The zero-order valence-electron chi connectivity index (χ0n) is 18.5. The third-order valence-electron chi connectivity index (χ3n) is 6.47. The van der Waals surface area contributed by atoms with Crippen molar-refractivity contribution in [2.24, 2.45) is 4.99 Å². The lowest BCUT2D eigenvalue weighted by Crippen LogP contribution is -2.38. The van der Waals surface area contributed by atoms with Crippen molar-refractivity contribution in [3.63, 3.8) is 0 Å². The number of benzene rings is 3. The van der Waals surface area contributed by atoms with E-state index in [-0.39, 0.29) is 11.6 Å². The average molecular weight is 576 g/mol. The first-order valence-electron chi connectivity index (χ1n) is 11.1. The Morgan fingerprint density at radius 2 is 1.79 bits per heavy atom. The van der Waals surface area contributed by atoms with Gasteiger partial charge in [-0.2, -0.15) is 0 Å². The fraction of sp³-hybridized carbons (Fsp3) is 0.143. The number of rotatable bonds is 3. The first-order chi connectivity index (χ1) is 16.6. The van der Waals surface area contributed by atoms with Gasteiger partial charge in [0.15, 0.2) is 4.80 Å². The number of hydrogen-bond donors (Lipinski definition) is 0. The van der Waals surface area contributed by atoms with Crippen LogP contribution in [0.3, 0.4) is 0 Å². The molecule has 1 aliphatic carbocycles. The number of methoxy groups -OCH3 is 1. The second kappa shape index (κ2) is 8.67. The quantitative estimate of drug-likeness (QED) is 0.325. The highest BCUT2D eigenvalue weighted by molar-refractivity contribution is 14.1. The summed E-state index contributed by atoms with van der Waals surface area (Å²) in [6.07, 6.45) is 3.80. The van der Waals surface area contributed by atoms with Crippen molar-refractivity contribution in [1.29, 1.82) is 0 Å². The van der Waals surface area contributed by atoms with Gasteiger partial charge in [0.1, 0.15) is 5.75 Å².